The van der Waals surface area contributed by atoms with Crippen LogP contribution in [0.25, 0.3) is 5.57 Å². The second-order valence-corrected chi connectivity index (χ2v) is 5.52. The van der Waals surface area contributed by atoms with E-state index in [4.69, 9.17) is 4.74 Å². The second kappa shape index (κ2) is 4.90. The minimum absolute atomic E-state index is 0.133. The molecule has 1 nitrogen and oxygen atoms in total. The van der Waals surface area contributed by atoms with E-state index in [-0.39, 0.29) is 23.9 Å². The first-order valence-electron chi connectivity index (χ1n) is 6.79. The predicted octanol–water partition coefficient (Wildman–Crippen LogP) is 4.83. The van der Waals surface area contributed by atoms with E-state index in [1.165, 1.54) is 12.1 Å². The Morgan fingerprint density at radius 1 is 1.24 bits per heavy atom. The first-order chi connectivity index (χ1) is 9.84. The molecule has 0 amide bonds. The van der Waals surface area contributed by atoms with Gasteiger partial charge in [0, 0.05) is 12.0 Å². The molecular weight excluding hydrogens is 284 g/mol. The lowest BCUT2D eigenvalue weighted by molar-refractivity contribution is -0.189. The zero-order valence-corrected chi connectivity index (χ0v) is 11.4. The third kappa shape index (κ3) is 2.69. The van der Waals surface area contributed by atoms with Gasteiger partial charge in [-0.3, -0.25) is 0 Å². The summed E-state index contributed by atoms with van der Waals surface area (Å²) in [6, 6.07) is 4.73. The summed E-state index contributed by atoms with van der Waals surface area (Å²) in [6.45, 7) is 1.91. The van der Waals surface area contributed by atoms with Gasteiger partial charge in [-0.1, -0.05) is 25.1 Å². The van der Waals surface area contributed by atoms with E-state index >= 15 is 0 Å². The quantitative estimate of drug-likeness (QED) is 0.675. The van der Waals surface area contributed by atoms with Crippen molar-refractivity contribution in [1.29, 1.82) is 0 Å². The van der Waals surface area contributed by atoms with Gasteiger partial charge in [-0.15, -0.1) is 0 Å². The smallest absolute Gasteiger partial charge is 0.425 e. The molecule has 112 valence electrons. The van der Waals surface area contributed by atoms with Crippen molar-refractivity contribution in [3.05, 3.63) is 47.3 Å². The molecule has 2 aliphatic rings. The molecule has 1 heterocycles. The summed E-state index contributed by atoms with van der Waals surface area (Å²) in [5.74, 6) is -0.00440. The summed E-state index contributed by atoms with van der Waals surface area (Å²) in [4.78, 5) is 0. The fourth-order valence-electron chi connectivity index (χ4n) is 2.64. The average molecular weight is 298 g/mol. The highest BCUT2D eigenvalue weighted by atomic mass is 19.4. The van der Waals surface area contributed by atoms with E-state index in [1.807, 2.05) is 6.92 Å². The molecular formula is C16H14F4O. The van der Waals surface area contributed by atoms with Gasteiger partial charge in [0.2, 0.25) is 0 Å². The van der Waals surface area contributed by atoms with Gasteiger partial charge in [-0.2, -0.15) is 13.2 Å². The van der Waals surface area contributed by atoms with Crippen LogP contribution in [-0.2, 0) is 6.42 Å². The summed E-state index contributed by atoms with van der Waals surface area (Å²) < 4.78 is 57.0. The van der Waals surface area contributed by atoms with Crippen molar-refractivity contribution >= 4 is 5.57 Å². The summed E-state index contributed by atoms with van der Waals surface area (Å²) in [5.41, 5.74) is 1.49. The van der Waals surface area contributed by atoms with Gasteiger partial charge in [0.25, 0.3) is 0 Å². The number of benzene rings is 1. The third-order valence-electron chi connectivity index (χ3n) is 3.80. The maximum absolute atomic E-state index is 14.0. The maximum atomic E-state index is 14.0. The van der Waals surface area contributed by atoms with Gasteiger partial charge >= 0.3 is 6.18 Å². The number of alkyl halides is 3. The van der Waals surface area contributed by atoms with Gasteiger partial charge in [-0.25, -0.2) is 4.39 Å². The largest absolute Gasteiger partial charge is 0.480 e. The highest BCUT2D eigenvalue weighted by Gasteiger charge is 2.45. The monoisotopic (exact) mass is 298 g/mol. The molecule has 0 spiro atoms. The highest BCUT2D eigenvalue weighted by Crippen LogP contribution is 2.39. The van der Waals surface area contributed by atoms with E-state index in [0.717, 1.165) is 0 Å². The van der Waals surface area contributed by atoms with Crippen LogP contribution in [0.1, 0.15) is 24.5 Å². The van der Waals surface area contributed by atoms with Crippen molar-refractivity contribution in [2.45, 2.75) is 32.0 Å². The summed E-state index contributed by atoms with van der Waals surface area (Å²) in [5, 5.41) is 0. The molecule has 0 radical (unpaired) electrons. The molecule has 3 rings (SSSR count). The van der Waals surface area contributed by atoms with E-state index in [2.05, 4.69) is 0 Å². The van der Waals surface area contributed by atoms with Gasteiger partial charge in [0.15, 0.2) is 6.10 Å². The fourth-order valence-corrected chi connectivity index (χ4v) is 2.64. The predicted molar refractivity (Wildman–Crippen MR) is 71.6 cm³/mol. The van der Waals surface area contributed by atoms with E-state index in [1.54, 1.807) is 18.2 Å². The molecule has 1 aromatic carbocycles. The van der Waals surface area contributed by atoms with Crippen molar-refractivity contribution in [2.24, 2.45) is 5.92 Å². The van der Waals surface area contributed by atoms with Crippen molar-refractivity contribution < 1.29 is 22.3 Å². The normalized spacial score (nSPS) is 25.0. The number of rotatable bonds is 1. The van der Waals surface area contributed by atoms with Gasteiger partial charge in [0.05, 0.1) is 0 Å². The number of halogens is 4. The maximum Gasteiger partial charge on any atom is 0.425 e. The molecule has 5 heteroatoms. The molecule has 0 fully saturated rings. The minimum atomic E-state index is -4.39. The Hall–Kier alpha value is -1.78. The molecule has 21 heavy (non-hydrogen) atoms. The molecule has 2 unspecified atom stereocenters. The van der Waals surface area contributed by atoms with Crippen LogP contribution in [0, 0.1) is 5.92 Å². The molecule has 0 saturated heterocycles. The van der Waals surface area contributed by atoms with E-state index in [0.29, 0.717) is 23.1 Å². The lowest BCUT2D eigenvalue weighted by Crippen LogP contribution is -2.32. The van der Waals surface area contributed by atoms with E-state index in [9.17, 15) is 17.6 Å². The van der Waals surface area contributed by atoms with Gasteiger partial charge < -0.3 is 4.74 Å². The lowest BCUT2D eigenvalue weighted by atomic mass is 9.92. The van der Waals surface area contributed by atoms with Crippen molar-refractivity contribution in [3.8, 4) is 5.75 Å². The second-order valence-electron chi connectivity index (χ2n) is 5.52. The average Bonchev–Trinajstić information content (AvgIpc) is 2.81. The van der Waals surface area contributed by atoms with Crippen LogP contribution < -0.4 is 4.74 Å². The Morgan fingerprint density at radius 3 is 2.67 bits per heavy atom. The SMILES string of the molecule is CC1C=C(F)C(c2ccc3c(c2)OC(C(F)(F)F)C3)=CC1. The molecule has 1 aliphatic carbocycles. The topological polar surface area (TPSA) is 9.23 Å². The highest BCUT2D eigenvalue weighted by molar-refractivity contribution is 5.79. The van der Waals surface area contributed by atoms with Crippen LogP contribution >= 0.6 is 0 Å². The summed E-state index contributed by atoms with van der Waals surface area (Å²) >= 11 is 0. The van der Waals surface area contributed by atoms with Gasteiger partial charge in [0.1, 0.15) is 11.6 Å². The zero-order chi connectivity index (χ0) is 15.2. The third-order valence-corrected chi connectivity index (χ3v) is 3.80. The van der Waals surface area contributed by atoms with Crippen LogP contribution in [0.4, 0.5) is 17.6 Å². The molecule has 1 aliphatic heterocycles. The van der Waals surface area contributed by atoms with Crippen LogP contribution in [0.3, 0.4) is 0 Å². The van der Waals surface area contributed by atoms with Crippen molar-refractivity contribution in [2.75, 3.05) is 0 Å². The molecule has 0 bridgehead atoms. The number of hydrogen-bond donors (Lipinski definition) is 0. The number of allylic oxidation sites excluding steroid dienone is 4. The lowest BCUT2D eigenvalue weighted by Gasteiger charge is -2.16. The number of ether oxygens (including phenoxy) is 1. The van der Waals surface area contributed by atoms with E-state index < -0.39 is 12.3 Å². The standard InChI is InChI=1S/C16H14F4O/c1-9-2-5-12(13(17)6-9)10-3-4-11-8-15(16(18,19)20)21-14(11)7-10/h3-7,9,15H,2,8H2,1H3. The fraction of sp³-hybridized carbons (Fsp3) is 0.375. The summed E-state index contributed by atoms with van der Waals surface area (Å²) in [6.07, 6.45) is -2.35. The van der Waals surface area contributed by atoms with Crippen LogP contribution in [-0.4, -0.2) is 12.3 Å². The van der Waals surface area contributed by atoms with Crippen molar-refractivity contribution in [3.63, 3.8) is 0 Å². The molecule has 0 N–H and O–H groups in total. The summed E-state index contributed by atoms with van der Waals surface area (Å²) in [7, 11) is 0. The Balaban J connectivity index is 1.88. The Morgan fingerprint density at radius 2 is 2.00 bits per heavy atom. The minimum Gasteiger partial charge on any atom is -0.480 e. The Kier molecular flexibility index (Phi) is 3.30. The molecule has 2 atom stereocenters. The molecule has 0 saturated carbocycles. The number of fused-ring (bicyclic) bond motifs is 1. The molecule has 1 aromatic rings. The van der Waals surface area contributed by atoms with Crippen LogP contribution in [0.5, 0.6) is 5.75 Å². The Bertz CT molecular complexity index is 628. The first-order valence-corrected chi connectivity index (χ1v) is 6.79. The zero-order valence-electron chi connectivity index (χ0n) is 11.4. The van der Waals surface area contributed by atoms with Crippen LogP contribution in [0.15, 0.2) is 36.2 Å². The molecule has 0 aromatic heterocycles. The first kappa shape index (κ1) is 14.2. The van der Waals surface area contributed by atoms with Crippen molar-refractivity contribution in [1.82, 2.24) is 0 Å². The van der Waals surface area contributed by atoms with Crippen LogP contribution in [0.2, 0.25) is 0 Å². The van der Waals surface area contributed by atoms with Gasteiger partial charge in [-0.05, 0) is 35.6 Å². The Labute approximate surface area is 119 Å². The number of hydrogen-bond acceptors (Lipinski definition) is 1.